The van der Waals surface area contributed by atoms with E-state index in [0.29, 0.717) is 11.4 Å². The van der Waals surface area contributed by atoms with Gasteiger partial charge in [0.2, 0.25) is 5.91 Å². The van der Waals surface area contributed by atoms with Gasteiger partial charge in [-0.05, 0) is 31.0 Å². The Morgan fingerprint density at radius 2 is 2.20 bits per heavy atom. The number of carbonyl (C=O) groups excluding carboxylic acids is 2. The van der Waals surface area contributed by atoms with Crippen LogP contribution in [-0.2, 0) is 16.0 Å². The molecule has 2 N–H and O–H groups in total. The molecule has 0 saturated heterocycles. The maximum Gasteiger partial charge on any atom is 0.356 e. The summed E-state index contributed by atoms with van der Waals surface area (Å²) in [6, 6.07) is 5.94. The van der Waals surface area contributed by atoms with Gasteiger partial charge in [0.1, 0.15) is 17.0 Å². The third-order valence-corrected chi connectivity index (χ3v) is 4.68. The van der Waals surface area contributed by atoms with Crippen LogP contribution < -0.4 is 10.1 Å². The smallest absolute Gasteiger partial charge is 0.356 e. The van der Waals surface area contributed by atoms with E-state index in [2.05, 4.69) is 21.6 Å². The SMILES string of the molecule is COC(=O)c1[nH]nc2c1[C@H](c1ccc3c(c1)CC(C)(C)O3)CC(=O)N2. The average Bonchev–Trinajstić information content (AvgIpc) is 3.11. The van der Waals surface area contributed by atoms with Crippen LogP contribution in [0.2, 0.25) is 0 Å². The summed E-state index contributed by atoms with van der Waals surface area (Å²) in [7, 11) is 1.32. The van der Waals surface area contributed by atoms with E-state index in [1.165, 1.54) is 7.11 Å². The summed E-state index contributed by atoms with van der Waals surface area (Å²) in [5, 5.41) is 9.46. The predicted molar refractivity (Wildman–Crippen MR) is 89.9 cm³/mol. The van der Waals surface area contributed by atoms with Crippen LogP contribution in [0.25, 0.3) is 0 Å². The lowest BCUT2D eigenvalue weighted by Gasteiger charge is -2.23. The van der Waals surface area contributed by atoms with E-state index >= 15 is 0 Å². The Morgan fingerprint density at radius 3 is 2.96 bits per heavy atom. The maximum absolute atomic E-state index is 12.1. The predicted octanol–water partition coefficient (Wildman–Crippen LogP) is 2.38. The topological polar surface area (TPSA) is 93.3 Å². The van der Waals surface area contributed by atoms with Crippen molar-refractivity contribution in [3.63, 3.8) is 0 Å². The first kappa shape index (κ1) is 15.7. The normalized spacial score (nSPS) is 20.3. The van der Waals surface area contributed by atoms with Crippen molar-refractivity contribution in [2.24, 2.45) is 0 Å². The number of methoxy groups -OCH3 is 1. The van der Waals surface area contributed by atoms with Gasteiger partial charge >= 0.3 is 5.97 Å². The Balaban J connectivity index is 1.79. The number of esters is 1. The number of aromatic amines is 1. The number of fused-ring (bicyclic) bond motifs is 2. The van der Waals surface area contributed by atoms with Crippen molar-refractivity contribution in [2.75, 3.05) is 12.4 Å². The molecule has 0 radical (unpaired) electrons. The second-order valence-electron chi connectivity index (χ2n) is 7.06. The highest BCUT2D eigenvalue weighted by molar-refractivity contribution is 5.98. The van der Waals surface area contributed by atoms with E-state index in [-0.39, 0.29) is 29.5 Å². The summed E-state index contributed by atoms with van der Waals surface area (Å²) >= 11 is 0. The molecule has 2 aromatic rings. The zero-order valence-corrected chi connectivity index (χ0v) is 14.3. The van der Waals surface area contributed by atoms with Crippen LogP contribution in [-0.4, -0.2) is 34.8 Å². The minimum atomic E-state index is -0.500. The molecule has 1 amide bonds. The summed E-state index contributed by atoms with van der Waals surface area (Å²) in [4.78, 5) is 24.1. The lowest BCUT2D eigenvalue weighted by molar-refractivity contribution is -0.116. The number of nitrogens with one attached hydrogen (secondary N) is 2. The van der Waals surface area contributed by atoms with Crippen LogP contribution in [0.1, 0.15) is 53.4 Å². The Labute approximate surface area is 144 Å². The van der Waals surface area contributed by atoms with E-state index in [1.807, 2.05) is 26.0 Å². The summed E-state index contributed by atoms with van der Waals surface area (Å²) in [6.45, 7) is 4.09. The number of hydrogen-bond acceptors (Lipinski definition) is 5. The number of amides is 1. The first-order valence-corrected chi connectivity index (χ1v) is 8.16. The molecule has 1 atom stereocenters. The molecule has 4 rings (SSSR count). The molecule has 0 bridgehead atoms. The molecule has 0 spiro atoms. The number of anilines is 1. The summed E-state index contributed by atoms with van der Waals surface area (Å²) in [5.41, 5.74) is 2.79. The first-order valence-electron chi connectivity index (χ1n) is 8.16. The molecule has 25 heavy (non-hydrogen) atoms. The van der Waals surface area contributed by atoms with Gasteiger partial charge in [0.15, 0.2) is 5.82 Å². The van der Waals surface area contributed by atoms with E-state index in [0.717, 1.165) is 23.3 Å². The van der Waals surface area contributed by atoms with Crippen molar-refractivity contribution in [2.45, 2.75) is 38.2 Å². The molecule has 0 fully saturated rings. The monoisotopic (exact) mass is 341 g/mol. The van der Waals surface area contributed by atoms with Gasteiger partial charge in [-0.1, -0.05) is 12.1 Å². The molecule has 7 nitrogen and oxygen atoms in total. The molecule has 7 heteroatoms. The van der Waals surface area contributed by atoms with Crippen molar-refractivity contribution in [1.29, 1.82) is 0 Å². The Kier molecular flexibility index (Phi) is 3.35. The summed E-state index contributed by atoms with van der Waals surface area (Å²) in [5.74, 6) is 0.372. The number of ether oxygens (including phenoxy) is 2. The highest BCUT2D eigenvalue weighted by Gasteiger charge is 2.36. The molecule has 2 aliphatic rings. The van der Waals surface area contributed by atoms with Crippen molar-refractivity contribution >= 4 is 17.7 Å². The standard InChI is InChI=1S/C18H19N3O4/c1-18(2)8-10-6-9(4-5-12(10)25-18)11-7-13(22)19-16-14(11)15(20-21-16)17(23)24-3/h4-6,11H,7-8H2,1-3H3,(H2,19,20,21,22)/t11-/m0/s1. The third kappa shape index (κ3) is 2.56. The van der Waals surface area contributed by atoms with Gasteiger partial charge in [0.05, 0.1) is 7.11 Å². The number of aromatic nitrogens is 2. The van der Waals surface area contributed by atoms with Gasteiger partial charge in [0.25, 0.3) is 0 Å². The average molecular weight is 341 g/mol. The fourth-order valence-electron chi connectivity index (χ4n) is 3.64. The fraction of sp³-hybridized carbons (Fsp3) is 0.389. The summed E-state index contributed by atoms with van der Waals surface area (Å²) in [6.07, 6.45) is 1.05. The van der Waals surface area contributed by atoms with Crippen LogP contribution in [0.15, 0.2) is 18.2 Å². The highest BCUT2D eigenvalue weighted by Crippen LogP contribution is 2.42. The zero-order chi connectivity index (χ0) is 17.8. The van der Waals surface area contributed by atoms with Crippen molar-refractivity contribution in [3.05, 3.63) is 40.6 Å². The van der Waals surface area contributed by atoms with Gasteiger partial charge in [-0.3, -0.25) is 9.89 Å². The second kappa shape index (κ2) is 5.34. The number of hydrogen-bond donors (Lipinski definition) is 2. The third-order valence-electron chi connectivity index (χ3n) is 4.68. The molecule has 0 saturated carbocycles. The number of H-pyrrole nitrogens is 1. The second-order valence-corrected chi connectivity index (χ2v) is 7.06. The molecule has 0 unspecified atom stereocenters. The molecular weight excluding hydrogens is 322 g/mol. The largest absolute Gasteiger partial charge is 0.487 e. The molecule has 1 aromatic carbocycles. The lowest BCUT2D eigenvalue weighted by Crippen LogP contribution is -2.25. The first-order chi connectivity index (χ1) is 11.9. The van der Waals surface area contributed by atoms with Crippen LogP contribution in [0.5, 0.6) is 5.75 Å². The zero-order valence-electron chi connectivity index (χ0n) is 14.3. The van der Waals surface area contributed by atoms with Crippen LogP contribution in [0, 0.1) is 0 Å². The molecule has 1 aromatic heterocycles. The number of rotatable bonds is 2. The van der Waals surface area contributed by atoms with Gasteiger partial charge in [-0.15, -0.1) is 0 Å². The number of nitrogens with zero attached hydrogens (tertiary/aromatic N) is 1. The van der Waals surface area contributed by atoms with Crippen molar-refractivity contribution in [1.82, 2.24) is 10.2 Å². The van der Waals surface area contributed by atoms with Gasteiger partial charge < -0.3 is 14.8 Å². The highest BCUT2D eigenvalue weighted by atomic mass is 16.5. The van der Waals surface area contributed by atoms with Gasteiger partial charge in [-0.25, -0.2) is 4.79 Å². The van der Waals surface area contributed by atoms with Crippen LogP contribution in [0.3, 0.4) is 0 Å². The van der Waals surface area contributed by atoms with Crippen LogP contribution >= 0.6 is 0 Å². The minimum Gasteiger partial charge on any atom is -0.487 e. The van der Waals surface area contributed by atoms with Gasteiger partial charge in [-0.2, -0.15) is 5.10 Å². The molecular formula is C18H19N3O4. The Hall–Kier alpha value is -2.83. The Morgan fingerprint density at radius 1 is 1.40 bits per heavy atom. The molecule has 3 heterocycles. The van der Waals surface area contributed by atoms with E-state index in [1.54, 1.807) is 0 Å². The molecule has 0 aliphatic carbocycles. The minimum absolute atomic E-state index is 0.127. The quantitative estimate of drug-likeness (QED) is 0.818. The fourth-order valence-corrected chi connectivity index (χ4v) is 3.64. The lowest BCUT2D eigenvalue weighted by atomic mass is 9.84. The summed E-state index contributed by atoms with van der Waals surface area (Å²) < 4.78 is 10.7. The van der Waals surface area contributed by atoms with Crippen molar-refractivity contribution < 1.29 is 19.1 Å². The number of benzene rings is 1. The Bertz CT molecular complexity index is 884. The molecule has 2 aliphatic heterocycles. The molecule has 130 valence electrons. The van der Waals surface area contributed by atoms with E-state index in [9.17, 15) is 9.59 Å². The van der Waals surface area contributed by atoms with E-state index in [4.69, 9.17) is 9.47 Å². The maximum atomic E-state index is 12.1. The number of carbonyl (C=O) groups is 2. The van der Waals surface area contributed by atoms with Crippen LogP contribution in [0.4, 0.5) is 5.82 Å². The van der Waals surface area contributed by atoms with Crippen molar-refractivity contribution in [3.8, 4) is 5.75 Å². The van der Waals surface area contributed by atoms with Gasteiger partial charge in [0, 0.05) is 24.3 Å². The van der Waals surface area contributed by atoms with E-state index < -0.39 is 5.97 Å².